The first kappa shape index (κ1) is 23.4. The second-order valence-corrected chi connectivity index (χ2v) is 8.75. The van der Waals surface area contributed by atoms with E-state index in [-0.39, 0.29) is 5.91 Å². The lowest BCUT2D eigenvalue weighted by molar-refractivity contribution is 0.0948. The Morgan fingerprint density at radius 1 is 1.06 bits per heavy atom. The molecule has 0 unspecified atom stereocenters. The number of para-hydroxylation sites is 2. The van der Waals surface area contributed by atoms with Gasteiger partial charge in [-0.05, 0) is 54.1 Å². The van der Waals surface area contributed by atoms with Gasteiger partial charge in [0.1, 0.15) is 11.5 Å². The zero-order valence-corrected chi connectivity index (χ0v) is 20.3. The normalized spacial score (nSPS) is 10.8. The van der Waals surface area contributed by atoms with Gasteiger partial charge in [0, 0.05) is 29.3 Å². The Hall–Kier alpha value is -4.37. The van der Waals surface area contributed by atoms with Gasteiger partial charge in [-0.15, -0.1) is 10.2 Å². The molecule has 0 saturated heterocycles. The fourth-order valence-electron chi connectivity index (χ4n) is 3.71. The van der Waals surface area contributed by atoms with Crippen molar-refractivity contribution in [1.82, 2.24) is 25.1 Å². The number of hydrogen-bond donors (Lipinski definition) is 1. The Labute approximate surface area is 212 Å². The van der Waals surface area contributed by atoms with E-state index in [1.165, 1.54) is 11.8 Å². The number of methoxy groups -OCH3 is 1. The van der Waals surface area contributed by atoms with Gasteiger partial charge in [0.15, 0.2) is 11.0 Å². The van der Waals surface area contributed by atoms with Crippen LogP contribution in [0.4, 0.5) is 0 Å². The fraction of sp³-hybridized carbons (Fsp3) is 0.111. The molecule has 0 aliphatic heterocycles. The van der Waals surface area contributed by atoms with Crippen LogP contribution in [-0.4, -0.2) is 32.8 Å². The predicted molar refractivity (Wildman–Crippen MR) is 137 cm³/mol. The van der Waals surface area contributed by atoms with Crippen LogP contribution in [-0.2, 0) is 12.3 Å². The molecule has 0 saturated carbocycles. The first-order valence-corrected chi connectivity index (χ1v) is 12.2. The first-order valence-electron chi connectivity index (χ1n) is 11.2. The van der Waals surface area contributed by atoms with Crippen molar-refractivity contribution < 1.29 is 13.9 Å². The molecule has 2 aromatic carbocycles. The summed E-state index contributed by atoms with van der Waals surface area (Å²) in [5, 5.41) is 12.5. The topological polar surface area (TPSA) is 95.1 Å². The number of rotatable bonds is 9. The number of carbonyl (C=O) groups excluding carboxylic acids is 1. The number of furan rings is 1. The largest absolute Gasteiger partial charge is 0.495 e. The molecule has 5 rings (SSSR count). The summed E-state index contributed by atoms with van der Waals surface area (Å²) in [6.07, 6.45) is 5.07. The first-order chi connectivity index (χ1) is 17.7. The highest BCUT2D eigenvalue weighted by Crippen LogP contribution is 2.33. The number of nitrogens with zero attached hydrogens (tertiary/aromatic N) is 4. The van der Waals surface area contributed by atoms with Gasteiger partial charge in [0.05, 0.1) is 25.6 Å². The van der Waals surface area contributed by atoms with Gasteiger partial charge < -0.3 is 14.5 Å². The molecule has 36 heavy (non-hydrogen) atoms. The predicted octanol–water partition coefficient (Wildman–Crippen LogP) is 5.15. The van der Waals surface area contributed by atoms with Crippen molar-refractivity contribution >= 4 is 17.7 Å². The van der Waals surface area contributed by atoms with Gasteiger partial charge in [0.25, 0.3) is 5.91 Å². The van der Waals surface area contributed by atoms with Crippen molar-refractivity contribution in [2.24, 2.45) is 0 Å². The standard InChI is InChI=1S/C27H23N5O3S/c1-34-24-12-3-2-11-23(24)32-25(21-9-5-13-28-16-21)30-31-27(32)36-18-19-7-4-8-20(15-19)26(33)29-17-22-10-6-14-35-22/h2-16H,17-18H2,1H3,(H,29,33). The second-order valence-electron chi connectivity index (χ2n) is 7.81. The lowest BCUT2D eigenvalue weighted by Gasteiger charge is -2.14. The molecule has 1 N–H and O–H groups in total. The van der Waals surface area contributed by atoms with Crippen molar-refractivity contribution in [2.75, 3.05) is 7.11 Å². The zero-order valence-electron chi connectivity index (χ0n) is 19.5. The molecule has 1 amide bonds. The molecule has 0 aliphatic carbocycles. The van der Waals surface area contributed by atoms with E-state index in [0.717, 1.165) is 16.8 Å². The third-order valence-corrected chi connectivity index (χ3v) is 6.44. The molecule has 180 valence electrons. The summed E-state index contributed by atoms with van der Waals surface area (Å²) in [7, 11) is 1.64. The minimum absolute atomic E-state index is 0.158. The van der Waals surface area contributed by atoms with Gasteiger partial charge in [0.2, 0.25) is 0 Å². The van der Waals surface area contributed by atoms with E-state index < -0.39 is 0 Å². The molecule has 0 fully saturated rings. The molecule has 0 atom stereocenters. The number of ether oxygens (including phenoxy) is 1. The number of thioether (sulfide) groups is 1. The summed E-state index contributed by atoms with van der Waals surface area (Å²) < 4.78 is 12.9. The summed E-state index contributed by atoms with van der Waals surface area (Å²) in [4.78, 5) is 16.9. The summed E-state index contributed by atoms with van der Waals surface area (Å²) >= 11 is 1.53. The maximum Gasteiger partial charge on any atom is 0.251 e. The summed E-state index contributed by atoms with van der Waals surface area (Å²) in [6, 6.07) is 22.7. The SMILES string of the molecule is COc1ccccc1-n1c(SCc2cccc(C(=O)NCc3ccco3)c2)nnc1-c1cccnc1. The highest BCUT2D eigenvalue weighted by atomic mass is 32.2. The third kappa shape index (κ3) is 5.16. The average molecular weight is 498 g/mol. The molecular weight excluding hydrogens is 474 g/mol. The number of carbonyl (C=O) groups is 1. The van der Waals surface area contributed by atoms with Crippen molar-refractivity contribution in [1.29, 1.82) is 0 Å². The highest BCUT2D eigenvalue weighted by molar-refractivity contribution is 7.98. The van der Waals surface area contributed by atoms with Crippen molar-refractivity contribution in [3.8, 4) is 22.8 Å². The Bertz CT molecular complexity index is 1450. The molecular formula is C27H23N5O3S. The molecule has 9 heteroatoms. The maximum absolute atomic E-state index is 12.6. The average Bonchev–Trinajstić information content (AvgIpc) is 3.61. The number of amides is 1. The van der Waals surface area contributed by atoms with Gasteiger partial charge >= 0.3 is 0 Å². The maximum atomic E-state index is 12.6. The zero-order chi connectivity index (χ0) is 24.7. The molecule has 0 aliphatic rings. The van der Waals surface area contributed by atoms with Gasteiger partial charge in [-0.1, -0.05) is 36.0 Å². The molecule has 0 radical (unpaired) electrons. The smallest absolute Gasteiger partial charge is 0.251 e. The van der Waals surface area contributed by atoms with Crippen molar-refractivity contribution in [3.63, 3.8) is 0 Å². The van der Waals surface area contributed by atoms with E-state index >= 15 is 0 Å². The summed E-state index contributed by atoms with van der Waals surface area (Å²) in [5.41, 5.74) is 3.25. The van der Waals surface area contributed by atoms with E-state index in [1.807, 2.05) is 65.2 Å². The lowest BCUT2D eigenvalue weighted by atomic mass is 10.1. The summed E-state index contributed by atoms with van der Waals surface area (Å²) in [6.45, 7) is 0.337. The van der Waals surface area contributed by atoms with Crippen LogP contribution >= 0.6 is 11.8 Å². The highest BCUT2D eigenvalue weighted by Gasteiger charge is 2.19. The van der Waals surface area contributed by atoms with Gasteiger partial charge in [-0.25, -0.2) is 0 Å². The monoisotopic (exact) mass is 497 g/mol. The van der Waals surface area contributed by atoms with Crippen LogP contribution < -0.4 is 10.1 Å². The molecule has 0 bridgehead atoms. The third-order valence-electron chi connectivity index (χ3n) is 5.44. The fourth-order valence-corrected chi connectivity index (χ4v) is 4.60. The molecule has 8 nitrogen and oxygen atoms in total. The van der Waals surface area contributed by atoms with Crippen LogP contribution in [0, 0.1) is 0 Å². The molecule has 3 aromatic heterocycles. The number of pyridine rings is 1. The van der Waals surface area contributed by atoms with Crippen molar-refractivity contribution in [2.45, 2.75) is 17.5 Å². The second kappa shape index (κ2) is 10.9. The van der Waals surface area contributed by atoms with E-state index in [0.29, 0.717) is 40.4 Å². The Kier molecular flexibility index (Phi) is 7.09. The van der Waals surface area contributed by atoms with E-state index in [1.54, 1.807) is 37.9 Å². The minimum Gasteiger partial charge on any atom is -0.495 e. The Balaban J connectivity index is 1.39. The van der Waals surface area contributed by atoms with Crippen LogP contribution in [0.25, 0.3) is 17.1 Å². The van der Waals surface area contributed by atoms with Gasteiger partial charge in [-0.2, -0.15) is 0 Å². The minimum atomic E-state index is -0.158. The van der Waals surface area contributed by atoms with Crippen LogP contribution in [0.15, 0.2) is 101 Å². The summed E-state index contributed by atoms with van der Waals surface area (Å²) in [5.74, 6) is 2.52. The van der Waals surface area contributed by atoms with Crippen LogP contribution in [0.2, 0.25) is 0 Å². The van der Waals surface area contributed by atoms with Crippen LogP contribution in [0.1, 0.15) is 21.7 Å². The van der Waals surface area contributed by atoms with Crippen LogP contribution in [0.5, 0.6) is 5.75 Å². The number of hydrogen-bond acceptors (Lipinski definition) is 7. The van der Waals surface area contributed by atoms with E-state index in [4.69, 9.17) is 9.15 Å². The Morgan fingerprint density at radius 3 is 2.78 bits per heavy atom. The quantitative estimate of drug-likeness (QED) is 0.281. The number of aromatic nitrogens is 4. The van der Waals surface area contributed by atoms with E-state index in [2.05, 4.69) is 20.5 Å². The van der Waals surface area contributed by atoms with E-state index in [9.17, 15) is 4.79 Å². The van der Waals surface area contributed by atoms with Gasteiger partial charge in [-0.3, -0.25) is 14.3 Å². The Morgan fingerprint density at radius 2 is 1.97 bits per heavy atom. The van der Waals surface area contributed by atoms with Crippen molar-refractivity contribution in [3.05, 3.63) is 108 Å². The molecule has 0 spiro atoms. The van der Waals surface area contributed by atoms with Crippen LogP contribution in [0.3, 0.4) is 0 Å². The number of nitrogens with one attached hydrogen (secondary N) is 1. The number of benzene rings is 2. The molecule has 5 aromatic rings. The lowest BCUT2D eigenvalue weighted by Crippen LogP contribution is -2.22. The molecule has 3 heterocycles.